The summed E-state index contributed by atoms with van der Waals surface area (Å²) in [6.07, 6.45) is 0. The number of sulfone groups is 1. The molecule has 1 amide bonds. The van der Waals surface area contributed by atoms with Gasteiger partial charge in [0, 0.05) is 0 Å². The lowest BCUT2D eigenvalue weighted by Crippen LogP contribution is -2.22. The van der Waals surface area contributed by atoms with Crippen LogP contribution < -0.4 is 10.1 Å². The minimum absolute atomic E-state index is 0.0977. The number of hydrogen-bond donors (Lipinski definition) is 1. The number of esters is 1. The fourth-order valence-electron chi connectivity index (χ4n) is 2.21. The summed E-state index contributed by atoms with van der Waals surface area (Å²) in [5, 5.41) is 2.56. The molecule has 138 valence electrons. The fraction of sp³-hybridized carbons (Fsp3) is 0.222. The SMILES string of the molecule is CCS(=O)(=O)c1ccccc1C(=O)OCC(=O)Nc1ccccc1OC. The van der Waals surface area contributed by atoms with Gasteiger partial charge in [0.1, 0.15) is 5.75 Å². The van der Waals surface area contributed by atoms with Crippen molar-refractivity contribution < 1.29 is 27.5 Å². The van der Waals surface area contributed by atoms with Gasteiger partial charge in [-0.3, -0.25) is 4.79 Å². The number of hydrogen-bond acceptors (Lipinski definition) is 6. The Morgan fingerprint density at radius 2 is 1.69 bits per heavy atom. The van der Waals surface area contributed by atoms with Gasteiger partial charge in [0.15, 0.2) is 16.4 Å². The molecule has 0 atom stereocenters. The molecule has 0 saturated heterocycles. The highest BCUT2D eigenvalue weighted by Gasteiger charge is 2.22. The van der Waals surface area contributed by atoms with Crippen molar-refractivity contribution in [1.29, 1.82) is 0 Å². The lowest BCUT2D eigenvalue weighted by Gasteiger charge is -2.11. The maximum atomic E-state index is 12.2. The highest BCUT2D eigenvalue weighted by Crippen LogP contribution is 2.23. The fourth-order valence-corrected chi connectivity index (χ4v) is 3.29. The molecule has 0 radical (unpaired) electrons. The zero-order chi connectivity index (χ0) is 19.2. The first kappa shape index (κ1) is 19.5. The number of benzene rings is 2. The standard InChI is InChI=1S/C18H19NO6S/c1-3-26(22,23)16-11-7-4-8-13(16)18(21)25-12-17(20)19-14-9-5-6-10-15(14)24-2/h4-11H,3,12H2,1-2H3,(H,19,20). The second kappa shape index (κ2) is 8.48. The molecule has 0 bridgehead atoms. The van der Waals surface area contributed by atoms with Crippen LogP contribution in [0.15, 0.2) is 53.4 Å². The van der Waals surface area contributed by atoms with Crippen molar-refractivity contribution >= 4 is 27.4 Å². The lowest BCUT2D eigenvalue weighted by atomic mass is 10.2. The molecule has 26 heavy (non-hydrogen) atoms. The molecule has 2 aromatic carbocycles. The van der Waals surface area contributed by atoms with Crippen LogP contribution in [0.5, 0.6) is 5.75 Å². The molecule has 0 spiro atoms. The van der Waals surface area contributed by atoms with E-state index in [2.05, 4.69) is 5.32 Å². The van der Waals surface area contributed by atoms with E-state index in [1.54, 1.807) is 24.3 Å². The third-order valence-electron chi connectivity index (χ3n) is 3.54. The van der Waals surface area contributed by atoms with Crippen LogP contribution in [0.1, 0.15) is 17.3 Å². The molecule has 0 aromatic heterocycles. The molecule has 0 fully saturated rings. The summed E-state index contributed by atoms with van der Waals surface area (Å²) in [6, 6.07) is 12.5. The number of nitrogens with one attached hydrogen (secondary N) is 1. The number of para-hydroxylation sites is 2. The number of rotatable bonds is 7. The number of methoxy groups -OCH3 is 1. The van der Waals surface area contributed by atoms with E-state index in [1.807, 2.05) is 0 Å². The highest BCUT2D eigenvalue weighted by atomic mass is 32.2. The second-order valence-corrected chi connectivity index (χ2v) is 7.47. The number of amides is 1. The first-order valence-electron chi connectivity index (χ1n) is 7.80. The molecule has 0 saturated carbocycles. The Labute approximate surface area is 151 Å². The average Bonchev–Trinajstić information content (AvgIpc) is 2.66. The predicted octanol–water partition coefficient (Wildman–Crippen LogP) is 2.28. The molecule has 0 aliphatic heterocycles. The quantitative estimate of drug-likeness (QED) is 0.743. The van der Waals surface area contributed by atoms with Gasteiger partial charge in [-0.2, -0.15) is 0 Å². The van der Waals surface area contributed by atoms with Gasteiger partial charge in [-0.1, -0.05) is 31.2 Å². The van der Waals surface area contributed by atoms with Crippen LogP contribution in [0.2, 0.25) is 0 Å². The van der Waals surface area contributed by atoms with Crippen molar-refractivity contribution in [1.82, 2.24) is 0 Å². The number of anilines is 1. The van der Waals surface area contributed by atoms with Crippen molar-refractivity contribution in [2.75, 3.05) is 24.8 Å². The van der Waals surface area contributed by atoms with Gasteiger partial charge in [-0.15, -0.1) is 0 Å². The number of carbonyl (C=O) groups excluding carboxylic acids is 2. The third-order valence-corrected chi connectivity index (χ3v) is 5.32. The van der Waals surface area contributed by atoms with Gasteiger partial charge in [0.25, 0.3) is 5.91 Å². The molecule has 0 aliphatic rings. The van der Waals surface area contributed by atoms with Gasteiger partial charge in [0.05, 0.1) is 29.0 Å². The molecular weight excluding hydrogens is 358 g/mol. The van der Waals surface area contributed by atoms with E-state index in [1.165, 1.54) is 38.3 Å². The van der Waals surface area contributed by atoms with E-state index in [-0.39, 0.29) is 16.2 Å². The van der Waals surface area contributed by atoms with Crippen molar-refractivity contribution in [3.63, 3.8) is 0 Å². The molecule has 0 heterocycles. The Kier molecular flexibility index (Phi) is 6.35. The summed E-state index contributed by atoms with van der Waals surface area (Å²) in [7, 11) is -2.12. The van der Waals surface area contributed by atoms with Gasteiger partial charge in [-0.25, -0.2) is 13.2 Å². The number of ether oxygens (including phenoxy) is 2. The summed E-state index contributed by atoms with van der Waals surface area (Å²) in [5.41, 5.74) is 0.337. The zero-order valence-corrected chi connectivity index (χ0v) is 15.2. The van der Waals surface area contributed by atoms with Crippen LogP contribution in [-0.4, -0.2) is 39.8 Å². The summed E-state index contributed by atoms with van der Waals surface area (Å²) in [6.45, 7) is 0.926. The van der Waals surface area contributed by atoms with Crippen molar-refractivity contribution in [3.05, 3.63) is 54.1 Å². The Hall–Kier alpha value is -2.87. The summed E-state index contributed by atoms with van der Waals surface area (Å²) in [4.78, 5) is 24.1. The monoisotopic (exact) mass is 377 g/mol. The molecule has 1 N–H and O–H groups in total. The molecule has 8 heteroatoms. The topological polar surface area (TPSA) is 98.8 Å². The van der Waals surface area contributed by atoms with Gasteiger partial charge in [-0.05, 0) is 24.3 Å². The van der Waals surface area contributed by atoms with Crippen LogP contribution in [0.25, 0.3) is 0 Å². The summed E-state index contributed by atoms with van der Waals surface area (Å²) >= 11 is 0. The van der Waals surface area contributed by atoms with Crippen LogP contribution in [0.4, 0.5) is 5.69 Å². The Morgan fingerprint density at radius 3 is 2.38 bits per heavy atom. The smallest absolute Gasteiger partial charge is 0.339 e. The molecule has 0 unspecified atom stereocenters. The lowest BCUT2D eigenvalue weighted by molar-refractivity contribution is -0.119. The number of carbonyl (C=O) groups is 2. The molecule has 0 aliphatic carbocycles. The van der Waals surface area contributed by atoms with Crippen molar-refractivity contribution in [2.24, 2.45) is 0 Å². The Bertz CT molecular complexity index is 907. The van der Waals surface area contributed by atoms with E-state index >= 15 is 0 Å². The van der Waals surface area contributed by atoms with Crippen LogP contribution >= 0.6 is 0 Å². The zero-order valence-electron chi connectivity index (χ0n) is 14.4. The predicted molar refractivity (Wildman–Crippen MR) is 96.1 cm³/mol. The van der Waals surface area contributed by atoms with Gasteiger partial charge in [0.2, 0.25) is 0 Å². The molecule has 7 nitrogen and oxygen atoms in total. The summed E-state index contributed by atoms with van der Waals surface area (Å²) < 4.78 is 34.2. The van der Waals surface area contributed by atoms with Gasteiger partial charge >= 0.3 is 5.97 Å². The largest absolute Gasteiger partial charge is 0.495 e. The van der Waals surface area contributed by atoms with E-state index in [4.69, 9.17) is 9.47 Å². The Morgan fingerprint density at radius 1 is 1.04 bits per heavy atom. The van der Waals surface area contributed by atoms with Crippen LogP contribution in [0, 0.1) is 0 Å². The second-order valence-electron chi connectivity index (χ2n) is 5.22. The van der Waals surface area contributed by atoms with E-state index in [0.717, 1.165) is 0 Å². The maximum absolute atomic E-state index is 12.2. The minimum Gasteiger partial charge on any atom is -0.495 e. The van der Waals surface area contributed by atoms with E-state index in [9.17, 15) is 18.0 Å². The van der Waals surface area contributed by atoms with Crippen LogP contribution in [0.3, 0.4) is 0 Å². The minimum atomic E-state index is -3.59. The molecule has 2 rings (SSSR count). The summed E-state index contributed by atoms with van der Waals surface area (Å²) in [5.74, 6) is -1.14. The van der Waals surface area contributed by atoms with E-state index < -0.39 is 28.3 Å². The van der Waals surface area contributed by atoms with Crippen LogP contribution in [-0.2, 0) is 19.4 Å². The first-order chi connectivity index (χ1) is 12.4. The average molecular weight is 377 g/mol. The van der Waals surface area contributed by atoms with Crippen molar-refractivity contribution in [2.45, 2.75) is 11.8 Å². The molecular formula is C18H19NO6S. The maximum Gasteiger partial charge on any atom is 0.339 e. The molecule has 2 aromatic rings. The normalized spacial score (nSPS) is 10.8. The van der Waals surface area contributed by atoms with Crippen molar-refractivity contribution in [3.8, 4) is 5.75 Å². The van der Waals surface area contributed by atoms with E-state index in [0.29, 0.717) is 11.4 Å². The first-order valence-corrected chi connectivity index (χ1v) is 9.46. The Balaban J connectivity index is 2.07. The third kappa shape index (κ3) is 4.60. The highest BCUT2D eigenvalue weighted by molar-refractivity contribution is 7.91. The van der Waals surface area contributed by atoms with Gasteiger partial charge < -0.3 is 14.8 Å².